The predicted molar refractivity (Wildman–Crippen MR) is 78.4 cm³/mol. The van der Waals surface area contributed by atoms with Gasteiger partial charge in [0.05, 0.1) is 6.61 Å². The Morgan fingerprint density at radius 3 is 2.95 bits per heavy atom. The number of halogens is 1. The quantitative estimate of drug-likeness (QED) is 0.930. The van der Waals surface area contributed by atoms with E-state index in [1.165, 1.54) is 5.56 Å². The summed E-state index contributed by atoms with van der Waals surface area (Å²) >= 11 is 6.15. The molecule has 3 nitrogen and oxygen atoms in total. The van der Waals surface area contributed by atoms with Gasteiger partial charge in [0.1, 0.15) is 5.75 Å². The van der Waals surface area contributed by atoms with Crippen LogP contribution in [0.2, 0.25) is 5.02 Å². The molecule has 1 N–H and O–H groups in total. The molecule has 3 rings (SSSR count). The van der Waals surface area contributed by atoms with Gasteiger partial charge in [-0.15, -0.1) is 0 Å². The van der Waals surface area contributed by atoms with Crippen LogP contribution in [0.1, 0.15) is 24.0 Å². The zero-order valence-corrected chi connectivity index (χ0v) is 12.4. The highest BCUT2D eigenvalue weighted by molar-refractivity contribution is 7.85. The Morgan fingerprint density at radius 2 is 2.16 bits per heavy atom. The van der Waals surface area contributed by atoms with Gasteiger partial charge >= 0.3 is 0 Å². The van der Waals surface area contributed by atoms with Gasteiger partial charge in [-0.1, -0.05) is 11.6 Å². The monoisotopic (exact) mass is 299 g/mol. The standard InChI is InChI=1S/C14H18ClNO2S/c15-12-7-10-1-4-18-14(10)11(8-12)9-16-13-2-5-19(17)6-3-13/h7-8,13,16H,1-6,9H2. The minimum atomic E-state index is -0.598. The lowest BCUT2D eigenvalue weighted by Gasteiger charge is -2.23. The number of nitrogens with one attached hydrogen (secondary N) is 1. The van der Waals surface area contributed by atoms with E-state index in [0.29, 0.717) is 6.04 Å². The first-order valence-corrected chi connectivity index (χ1v) is 8.61. The fourth-order valence-electron chi connectivity index (χ4n) is 2.73. The van der Waals surface area contributed by atoms with Crippen molar-refractivity contribution in [2.24, 2.45) is 0 Å². The Labute approximate surface area is 121 Å². The van der Waals surface area contributed by atoms with Crippen molar-refractivity contribution in [3.8, 4) is 5.75 Å². The minimum Gasteiger partial charge on any atom is -0.493 e. The molecule has 0 unspecified atom stereocenters. The summed E-state index contributed by atoms with van der Waals surface area (Å²) in [7, 11) is -0.598. The van der Waals surface area contributed by atoms with Gasteiger partial charge in [0.25, 0.3) is 0 Å². The van der Waals surface area contributed by atoms with Crippen molar-refractivity contribution in [2.45, 2.75) is 31.8 Å². The molecule has 19 heavy (non-hydrogen) atoms. The van der Waals surface area contributed by atoms with E-state index in [0.717, 1.165) is 60.3 Å². The van der Waals surface area contributed by atoms with Crippen LogP contribution < -0.4 is 10.1 Å². The molecule has 104 valence electrons. The first-order chi connectivity index (χ1) is 9.22. The van der Waals surface area contributed by atoms with Crippen LogP contribution in [0.5, 0.6) is 5.75 Å². The molecule has 0 atom stereocenters. The van der Waals surface area contributed by atoms with Crippen LogP contribution in [0.25, 0.3) is 0 Å². The number of hydrogen-bond donors (Lipinski definition) is 1. The van der Waals surface area contributed by atoms with Crippen molar-refractivity contribution < 1.29 is 8.95 Å². The average molecular weight is 300 g/mol. The molecule has 0 amide bonds. The van der Waals surface area contributed by atoms with Crippen molar-refractivity contribution in [1.29, 1.82) is 0 Å². The van der Waals surface area contributed by atoms with Gasteiger partial charge in [0.2, 0.25) is 0 Å². The predicted octanol–water partition coefficient (Wildman–Crippen LogP) is 2.28. The second-order valence-corrected chi connectivity index (χ2v) is 7.29. The number of fused-ring (bicyclic) bond motifs is 1. The van der Waals surface area contributed by atoms with Gasteiger partial charge in [-0.3, -0.25) is 4.21 Å². The molecule has 1 aromatic rings. The third-order valence-electron chi connectivity index (χ3n) is 3.79. The summed E-state index contributed by atoms with van der Waals surface area (Å²) in [6.07, 6.45) is 2.94. The van der Waals surface area contributed by atoms with Crippen LogP contribution >= 0.6 is 11.6 Å². The maximum Gasteiger partial charge on any atom is 0.127 e. The Balaban J connectivity index is 1.65. The second-order valence-electron chi connectivity index (χ2n) is 5.15. The molecule has 0 aliphatic carbocycles. The molecule has 5 heteroatoms. The number of ether oxygens (including phenoxy) is 1. The molecule has 0 saturated carbocycles. The third kappa shape index (κ3) is 3.12. The van der Waals surface area contributed by atoms with Gasteiger partial charge < -0.3 is 10.1 Å². The number of hydrogen-bond acceptors (Lipinski definition) is 3. The van der Waals surface area contributed by atoms with Crippen LogP contribution in [0, 0.1) is 0 Å². The Kier molecular flexibility index (Phi) is 4.10. The topological polar surface area (TPSA) is 38.3 Å². The van der Waals surface area contributed by atoms with E-state index < -0.39 is 10.8 Å². The lowest BCUT2D eigenvalue weighted by Crippen LogP contribution is -2.35. The zero-order chi connectivity index (χ0) is 13.2. The van der Waals surface area contributed by atoms with Gasteiger partial charge in [0.15, 0.2) is 0 Å². The first kappa shape index (κ1) is 13.4. The first-order valence-electron chi connectivity index (χ1n) is 6.75. The van der Waals surface area contributed by atoms with E-state index >= 15 is 0 Å². The van der Waals surface area contributed by atoms with Gasteiger partial charge in [-0.2, -0.15) is 0 Å². The molecule has 2 aliphatic rings. The molecule has 0 aromatic heterocycles. The highest BCUT2D eigenvalue weighted by Crippen LogP contribution is 2.32. The zero-order valence-electron chi connectivity index (χ0n) is 10.8. The fourth-order valence-corrected chi connectivity index (χ4v) is 4.29. The summed E-state index contributed by atoms with van der Waals surface area (Å²) in [5.41, 5.74) is 2.36. The summed E-state index contributed by atoms with van der Waals surface area (Å²) in [6.45, 7) is 1.53. The maximum atomic E-state index is 11.3. The highest BCUT2D eigenvalue weighted by Gasteiger charge is 2.20. The van der Waals surface area contributed by atoms with E-state index in [1.807, 2.05) is 12.1 Å². The van der Waals surface area contributed by atoms with Gasteiger partial charge in [0, 0.05) is 51.9 Å². The van der Waals surface area contributed by atoms with E-state index in [1.54, 1.807) is 0 Å². The van der Waals surface area contributed by atoms with Gasteiger partial charge in [-0.25, -0.2) is 0 Å². The molecule has 0 spiro atoms. The summed E-state index contributed by atoms with van der Waals surface area (Å²) in [5, 5.41) is 4.33. The largest absolute Gasteiger partial charge is 0.493 e. The fraction of sp³-hybridized carbons (Fsp3) is 0.571. The van der Waals surface area contributed by atoms with Crippen LogP contribution in [0.3, 0.4) is 0 Å². The second kappa shape index (κ2) is 5.81. The Bertz CT molecular complexity index is 496. The van der Waals surface area contributed by atoms with Crippen LogP contribution in [-0.4, -0.2) is 28.4 Å². The molecular formula is C14H18ClNO2S. The summed E-state index contributed by atoms with van der Waals surface area (Å²) < 4.78 is 17.0. The average Bonchev–Trinajstić information content (AvgIpc) is 2.85. The van der Waals surface area contributed by atoms with Gasteiger partial charge in [-0.05, 0) is 30.5 Å². The summed E-state index contributed by atoms with van der Waals surface area (Å²) in [5.74, 6) is 2.65. The molecule has 2 aliphatic heterocycles. The lowest BCUT2D eigenvalue weighted by atomic mass is 10.1. The SMILES string of the molecule is O=S1CCC(NCc2cc(Cl)cc3c2OCC3)CC1. The van der Waals surface area contributed by atoms with Crippen molar-refractivity contribution in [3.63, 3.8) is 0 Å². The third-order valence-corrected chi connectivity index (χ3v) is 5.39. The molecule has 0 bridgehead atoms. The van der Waals surface area contributed by atoms with Crippen molar-refractivity contribution in [3.05, 3.63) is 28.3 Å². The number of benzene rings is 1. The van der Waals surface area contributed by atoms with E-state index in [4.69, 9.17) is 16.3 Å². The van der Waals surface area contributed by atoms with E-state index in [2.05, 4.69) is 5.32 Å². The van der Waals surface area contributed by atoms with Crippen molar-refractivity contribution >= 4 is 22.4 Å². The highest BCUT2D eigenvalue weighted by atomic mass is 35.5. The summed E-state index contributed by atoms with van der Waals surface area (Å²) in [6, 6.07) is 4.45. The van der Waals surface area contributed by atoms with Crippen LogP contribution in [0.15, 0.2) is 12.1 Å². The van der Waals surface area contributed by atoms with Crippen molar-refractivity contribution in [2.75, 3.05) is 18.1 Å². The maximum absolute atomic E-state index is 11.3. The minimum absolute atomic E-state index is 0.466. The molecule has 2 heterocycles. The van der Waals surface area contributed by atoms with Crippen LogP contribution in [-0.2, 0) is 23.8 Å². The number of rotatable bonds is 3. The molecule has 1 saturated heterocycles. The van der Waals surface area contributed by atoms with Crippen molar-refractivity contribution in [1.82, 2.24) is 5.32 Å². The smallest absolute Gasteiger partial charge is 0.127 e. The summed E-state index contributed by atoms with van der Waals surface area (Å²) in [4.78, 5) is 0. The Hall–Kier alpha value is -0.580. The Morgan fingerprint density at radius 1 is 1.37 bits per heavy atom. The molecule has 1 aromatic carbocycles. The molecular weight excluding hydrogens is 282 g/mol. The van der Waals surface area contributed by atoms with Crippen LogP contribution in [0.4, 0.5) is 0 Å². The molecule has 1 fully saturated rings. The lowest BCUT2D eigenvalue weighted by molar-refractivity contribution is 0.351. The van der Waals surface area contributed by atoms with E-state index in [-0.39, 0.29) is 0 Å². The molecule has 0 radical (unpaired) electrons. The normalized spacial score (nSPS) is 25.9. The van der Waals surface area contributed by atoms with E-state index in [9.17, 15) is 4.21 Å².